The van der Waals surface area contributed by atoms with Gasteiger partial charge in [0.25, 0.3) is 0 Å². The second-order valence-corrected chi connectivity index (χ2v) is 7.31. The minimum Gasteiger partial charge on any atom is -0.469 e. The molecule has 1 aromatic heterocycles. The van der Waals surface area contributed by atoms with Crippen LogP contribution >= 0.6 is 0 Å². The normalized spacial score (nSPS) is 13.0. The highest BCUT2D eigenvalue weighted by atomic mass is 32.2. The first-order chi connectivity index (χ1) is 9.94. The van der Waals surface area contributed by atoms with E-state index in [2.05, 4.69) is 9.72 Å². The van der Waals surface area contributed by atoms with Crippen molar-refractivity contribution in [2.24, 2.45) is 0 Å². The Bertz CT molecular complexity index is 750. The minimum atomic E-state index is -3.45. The van der Waals surface area contributed by atoms with Crippen LogP contribution in [-0.4, -0.2) is 31.7 Å². The van der Waals surface area contributed by atoms with Gasteiger partial charge in [0.1, 0.15) is 0 Å². The second kappa shape index (κ2) is 6.22. The van der Waals surface area contributed by atoms with Crippen molar-refractivity contribution in [2.75, 3.05) is 7.11 Å². The van der Waals surface area contributed by atoms with Crippen LogP contribution < -0.4 is 0 Å². The first kappa shape index (κ1) is 15.4. The van der Waals surface area contributed by atoms with Crippen LogP contribution in [0, 0.1) is 0 Å². The maximum absolute atomic E-state index is 12.4. The van der Waals surface area contributed by atoms with E-state index in [4.69, 9.17) is 0 Å². The first-order valence-electron chi connectivity index (χ1n) is 6.55. The van der Waals surface area contributed by atoms with E-state index >= 15 is 0 Å². The molecule has 6 heteroatoms. The largest absolute Gasteiger partial charge is 0.469 e. The van der Waals surface area contributed by atoms with Crippen molar-refractivity contribution in [2.45, 2.75) is 24.3 Å². The van der Waals surface area contributed by atoms with E-state index in [1.54, 1.807) is 24.4 Å². The monoisotopic (exact) mass is 307 g/mol. The van der Waals surface area contributed by atoms with Crippen molar-refractivity contribution in [3.8, 4) is 0 Å². The molecule has 0 aliphatic carbocycles. The maximum Gasteiger partial charge on any atom is 0.306 e. The van der Waals surface area contributed by atoms with Gasteiger partial charge in [-0.25, -0.2) is 8.42 Å². The quantitative estimate of drug-likeness (QED) is 0.791. The van der Waals surface area contributed by atoms with Gasteiger partial charge in [0.2, 0.25) is 0 Å². The molecule has 0 aliphatic rings. The number of fused-ring (bicyclic) bond motifs is 1. The van der Waals surface area contributed by atoms with E-state index in [0.29, 0.717) is 11.1 Å². The smallest absolute Gasteiger partial charge is 0.306 e. The summed E-state index contributed by atoms with van der Waals surface area (Å²) in [5, 5.41) is 0.106. The number of carbonyl (C=O) groups is 1. The molecule has 0 saturated heterocycles. The van der Waals surface area contributed by atoms with Gasteiger partial charge in [-0.15, -0.1) is 0 Å². The highest BCUT2D eigenvalue weighted by Crippen LogP contribution is 2.21. The summed E-state index contributed by atoms with van der Waals surface area (Å²) in [4.78, 5) is 15.5. The number of benzene rings is 1. The Morgan fingerprint density at radius 2 is 2.00 bits per heavy atom. The standard InChI is InChI=1S/C15H17NO4S/c1-11(9-14(17)20-2)21(18,19)10-13-6-3-5-12-7-4-8-16-15(12)13/h3-8,11H,9-10H2,1-2H3. The van der Waals surface area contributed by atoms with Crippen LogP contribution in [0.1, 0.15) is 18.9 Å². The molecule has 0 bridgehead atoms. The number of aromatic nitrogens is 1. The van der Waals surface area contributed by atoms with E-state index in [1.165, 1.54) is 14.0 Å². The van der Waals surface area contributed by atoms with Crippen molar-refractivity contribution < 1.29 is 17.9 Å². The SMILES string of the molecule is COC(=O)CC(C)S(=O)(=O)Cc1cccc2cccnc12. The van der Waals surface area contributed by atoms with Gasteiger partial charge < -0.3 is 4.74 Å². The zero-order chi connectivity index (χ0) is 15.5. The average Bonchev–Trinajstić information content (AvgIpc) is 2.47. The summed E-state index contributed by atoms with van der Waals surface area (Å²) in [6.45, 7) is 1.52. The molecule has 0 amide bonds. The van der Waals surface area contributed by atoms with Crippen LogP contribution in [0.4, 0.5) is 0 Å². The zero-order valence-corrected chi connectivity index (χ0v) is 12.8. The first-order valence-corrected chi connectivity index (χ1v) is 8.26. The molecule has 0 radical (unpaired) electrons. The molecular formula is C15H17NO4S. The molecule has 112 valence electrons. The Balaban J connectivity index is 2.28. The molecule has 1 atom stereocenters. The van der Waals surface area contributed by atoms with Gasteiger partial charge in [-0.1, -0.05) is 24.3 Å². The van der Waals surface area contributed by atoms with E-state index in [0.717, 1.165) is 5.39 Å². The Labute approximate surface area is 123 Å². The van der Waals surface area contributed by atoms with E-state index in [-0.39, 0.29) is 12.2 Å². The minimum absolute atomic E-state index is 0.139. The number of rotatable bonds is 5. The number of hydrogen-bond donors (Lipinski definition) is 0. The number of hydrogen-bond acceptors (Lipinski definition) is 5. The molecule has 0 fully saturated rings. The number of para-hydroxylation sites is 1. The highest BCUT2D eigenvalue weighted by molar-refractivity contribution is 7.91. The fourth-order valence-corrected chi connectivity index (χ4v) is 3.43. The molecular weight excluding hydrogens is 290 g/mol. The van der Waals surface area contributed by atoms with Crippen LogP contribution in [-0.2, 0) is 25.1 Å². The number of nitrogens with zero attached hydrogens (tertiary/aromatic N) is 1. The Morgan fingerprint density at radius 1 is 1.29 bits per heavy atom. The van der Waals surface area contributed by atoms with Gasteiger partial charge in [-0.05, 0) is 18.6 Å². The maximum atomic E-state index is 12.4. The molecule has 1 aromatic carbocycles. The molecule has 0 aliphatic heterocycles. The van der Waals surface area contributed by atoms with Gasteiger partial charge in [-0.3, -0.25) is 9.78 Å². The van der Waals surface area contributed by atoms with Crippen LogP contribution in [0.15, 0.2) is 36.5 Å². The van der Waals surface area contributed by atoms with Crippen LogP contribution in [0.3, 0.4) is 0 Å². The van der Waals surface area contributed by atoms with Gasteiger partial charge in [-0.2, -0.15) is 0 Å². The third-order valence-electron chi connectivity index (χ3n) is 3.37. The predicted molar refractivity (Wildman–Crippen MR) is 80.5 cm³/mol. The Kier molecular flexibility index (Phi) is 4.57. The van der Waals surface area contributed by atoms with Gasteiger partial charge in [0.15, 0.2) is 9.84 Å². The lowest BCUT2D eigenvalue weighted by atomic mass is 10.1. The third-order valence-corrected chi connectivity index (χ3v) is 5.47. The van der Waals surface area contributed by atoms with E-state index < -0.39 is 21.1 Å². The van der Waals surface area contributed by atoms with Crippen molar-refractivity contribution in [3.05, 3.63) is 42.1 Å². The number of esters is 1. The molecule has 1 heterocycles. The Hall–Kier alpha value is -1.95. The number of sulfone groups is 1. The van der Waals surface area contributed by atoms with Crippen LogP contribution in [0.25, 0.3) is 10.9 Å². The van der Waals surface area contributed by atoms with Crippen molar-refractivity contribution in [1.82, 2.24) is 4.98 Å². The highest BCUT2D eigenvalue weighted by Gasteiger charge is 2.25. The molecule has 1 unspecified atom stereocenters. The van der Waals surface area contributed by atoms with Gasteiger partial charge in [0, 0.05) is 11.6 Å². The molecule has 2 rings (SSSR count). The third kappa shape index (κ3) is 3.58. The van der Waals surface area contributed by atoms with E-state index in [1.807, 2.05) is 12.1 Å². The molecule has 21 heavy (non-hydrogen) atoms. The lowest BCUT2D eigenvalue weighted by molar-refractivity contribution is -0.140. The molecule has 0 saturated carbocycles. The molecule has 2 aromatic rings. The topological polar surface area (TPSA) is 73.3 Å². The number of pyridine rings is 1. The summed E-state index contributed by atoms with van der Waals surface area (Å²) in [6, 6.07) is 9.13. The lowest BCUT2D eigenvalue weighted by Gasteiger charge is -2.12. The summed E-state index contributed by atoms with van der Waals surface area (Å²) in [5.41, 5.74) is 1.32. The fourth-order valence-electron chi connectivity index (χ4n) is 2.09. The molecule has 0 spiro atoms. The zero-order valence-electron chi connectivity index (χ0n) is 11.9. The van der Waals surface area contributed by atoms with Crippen LogP contribution in [0.5, 0.6) is 0 Å². The number of methoxy groups -OCH3 is 1. The van der Waals surface area contributed by atoms with Crippen LogP contribution in [0.2, 0.25) is 0 Å². The summed E-state index contributed by atoms with van der Waals surface area (Å²) in [6.07, 6.45) is 1.49. The van der Waals surface area contributed by atoms with Crippen molar-refractivity contribution in [3.63, 3.8) is 0 Å². The number of ether oxygens (including phenoxy) is 1. The Morgan fingerprint density at radius 3 is 2.71 bits per heavy atom. The predicted octanol–water partition coefficient (Wildman–Crippen LogP) is 2.10. The lowest BCUT2D eigenvalue weighted by Crippen LogP contribution is -2.23. The van der Waals surface area contributed by atoms with Gasteiger partial charge in [0.05, 0.1) is 30.1 Å². The average molecular weight is 307 g/mol. The summed E-state index contributed by atoms with van der Waals surface area (Å²) >= 11 is 0. The van der Waals surface area contributed by atoms with Crippen molar-refractivity contribution in [1.29, 1.82) is 0 Å². The fraction of sp³-hybridized carbons (Fsp3) is 0.333. The van der Waals surface area contributed by atoms with E-state index in [9.17, 15) is 13.2 Å². The van der Waals surface area contributed by atoms with Crippen molar-refractivity contribution >= 4 is 26.7 Å². The molecule has 5 nitrogen and oxygen atoms in total. The summed E-state index contributed by atoms with van der Waals surface area (Å²) < 4.78 is 29.2. The summed E-state index contributed by atoms with van der Waals surface area (Å²) in [7, 11) is -2.20. The molecule has 0 N–H and O–H groups in total. The van der Waals surface area contributed by atoms with Gasteiger partial charge >= 0.3 is 5.97 Å². The summed E-state index contributed by atoms with van der Waals surface area (Å²) in [5.74, 6) is -0.665. The number of carbonyl (C=O) groups excluding carboxylic acids is 1. The second-order valence-electron chi connectivity index (χ2n) is 4.89.